The molecule has 3 amide bonds. The van der Waals surface area contributed by atoms with E-state index in [0.717, 1.165) is 84.6 Å². The van der Waals surface area contributed by atoms with Gasteiger partial charge in [0.1, 0.15) is 35.9 Å². The molecule has 0 radical (unpaired) electrons. The van der Waals surface area contributed by atoms with Gasteiger partial charge in [-0.2, -0.15) is 0 Å². The summed E-state index contributed by atoms with van der Waals surface area (Å²) >= 11 is 3.46. The smallest absolute Gasteiger partial charge is 0.278 e. The number of aromatic nitrogens is 3. The van der Waals surface area contributed by atoms with Crippen LogP contribution < -0.4 is 31.3 Å². The van der Waals surface area contributed by atoms with Crippen molar-refractivity contribution in [1.29, 1.82) is 0 Å². The first-order valence-electron chi connectivity index (χ1n) is 35.7. The zero-order valence-corrected chi connectivity index (χ0v) is 55.2. The number of thioether (sulfide) groups is 3. The summed E-state index contributed by atoms with van der Waals surface area (Å²) in [5, 5.41) is 37.4. The van der Waals surface area contributed by atoms with E-state index in [2.05, 4.69) is 0 Å². The zero-order chi connectivity index (χ0) is 73.5. The molecular weight excluding hydrogens is 1320 g/mol. The van der Waals surface area contributed by atoms with E-state index < -0.39 is 111 Å². The van der Waals surface area contributed by atoms with E-state index in [9.17, 15) is 60.0 Å². The summed E-state index contributed by atoms with van der Waals surface area (Å²) in [7, 11) is 0. The fourth-order valence-corrected chi connectivity index (χ4v) is 17.8. The molecule has 0 unspecified atom stereocenters. The van der Waals surface area contributed by atoms with Crippen molar-refractivity contribution < 1.29 is 51.1 Å². The molecule has 504 valence electrons. The lowest BCUT2D eigenvalue weighted by molar-refractivity contribution is 0.0455. The number of rotatable bonds is 3. The first-order valence-corrected chi connectivity index (χ1v) is 35.3. The zero-order valence-electron chi connectivity index (χ0n) is 58.8. The van der Waals surface area contributed by atoms with Crippen molar-refractivity contribution in [3.8, 4) is 17.2 Å². The van der Waals surface area contributed by atoms with E-state index in [-0.39, 0.29) is 39.6 Å². The molecule has 0 aliphatic carbocycles. The molecule has 18 nitrogen and oxygen atoms in total. The van der Waals surface area contributed by atoms with Crippen molar-refractivity contribution in [2.24, 2.45) is 0 Å². The van der Waals surface area contributed by atoms with Crippen molar-refractivity contribution in [1.82, 2.24) is 28.7 Å². The Morgan fingerprint density at radius 3 is 1.20 bits per heavy atom. The molecule has 9 aliphatic rings. The molecule has 9 aliphatic heterocycles. The Hall–Kier alpha value is -9.78. The number of halogens is 3. The summed E-state index contributed by atoms with van der Waals surface area (Å²) in [6.45, 7) is 1.32. The van der Waals surface area contributed by atoms with Crippen LogP contribution in [0.25, 0.3) is 0 Å². The molecule has 24 heteroatoms. The normalized spacial score (nSPS) is 24.9. The summed E-state index contributed by atoms with van der Waals surface area (Å²) in [5.74, 6) is -4.31. The minimum Gasteiger partial charge on any atom is -0.502 e. The number of amides is 3. The van der Waals surface area contributed by atoms with Crippen LogP contribution >= 0.6 is 35.3 Å². The van der Waals surface area contributed by atoms with Crippen LogP contribution in [0, 0.1) is 17.5 Å². The fraction of sp³-hybridized carbons (Fsp3) is 0.280. The minimum atomic E-state index is -2.05. The van der Waals surface area contributed by atoms with Crippen LogP contribution in [0.4, 0.5) is 13.2 Å². The van der Waals surface area contributed by atoms with Crippen LogP contribution in [-0.4, -0.2) is 99.9 Å². The highest BCUT2D eigenvalue weighted by molar-refractivity contribution is 7.99. The summed E-state index contributed by atoms with van der Waals surface area (Å²) < 4.78 is 103. The standard InChI is InChI=1S/3C25H22FN3O3S/c3*26-16-8-9-17-15(13-16)14-33-20-6-2-1-5-18(20)22(17)29-21-7-3-4-11-27(21)25(32)23-24(31)19(30)10-12-28(23)29/h3*1-2,5-6,8-10,12-13,21-22,31H,3-4,7,11,14H2/t21-,22+;2*21-,22-/m111/s1/i14D2;14D2,22D;22D. The molecule has 6 aromatic carbocycles. The van der Waals surface area contributed by atoms with Crippen molar-refractivity contribution in [2.75, 3.05) is 34.7 Å². The first kappa shape index (κ1) is 57.2. The second kappa shape index (κ2) is 25.8. The van der Waals surface area contributed by atoms with Gasteiger partial charge in [-0.25, -0.2) is 13.2 Å². The number of piperidine rings is 3. The van der Waals surface area contributed by atoms with E-state index in [1.54, 1.807) is 72.9 Å². The van der Waals surface area contributed by atoms with Crippen molar-refractivity contribution in [2.45, 2.75) is 126 Å². The second-order valence-corrected chi connectivity index (χ2v) is 27.9. The lowest BCUT2D eigenvalue weighted by Crippen LogP contribution is -2.63. The minimum absolute atomic E-state index is 0.0183. The van der Waals surface area contributed by atoms with Crippen LogP contribution in [-0.2, 0) is 17.2 Å². The Labute approximate surface area is 587 Å². The van der Waals surface area contributed by atoms with Gasteiger partial charge < -0.3 is 30.0 Å². The molecular formula is C75H66F3N9O9S3. The monoisotopic (exact) mass is 1400 g/mol. The Balaban J connectivity index is 0.000000121. The highest BCUT2D eigenvalue weighted by Gasteiger charge is 2.49. The third kappa shape index (κ3) is 10.9. The van der Waals surface area contributed by atoms with E-state index >= 15 is 0 Å². The maximum atomic E-state index is 14.5. The molecule has 12 heterocycles. The van der Waals surface area contributed by atoms with Gasteiger partial charge in [0.2, 0.25) is 16.3 Å². The molecule has 9 aromatic rings. The largest absolute Gasteiger partial charge is 0.502 e. The SMILES string of the molecule is [2H]C1([2H])Sc2ccccc2[C@@H](N2[C@@H]3CCCCN3C(=O)c3c(O)c(=O)ccn32)c2ccc(F)cc21.[2H]C1([2H])Sc2ccccc2[C@]([2H])(N2[C@@H]3CCCCN3C(=O)c3c(O)c(=O)ccn32)c2ccc(F)cc21.[2H][C@@]1(N2[C@@H]3CCCCN3C(=O)c3c(O)c(=O)ccn32)c2ccc(F)cc2CSc2ccccc21. The maximum Gasteiger partial charge on any atom is 0.278 e. The molecule has 3 N–H and O–H groups in total. The van der Waals surface area contributed by atoms with Gasteiger partial charge in [0.05, 0.1) is 20.8 Å². The highest BCUT2D eigenvalue weighted by Crippen LogP contribution is 2.49. The molecule has 18 rings (SSSR count). The number of aromatic hydroxyl groups is 3. The maximum absolute atomic E-state index is 14.5. The summed E-state index contributed by atoms with van der Waals surface area (Å²) in [4.78, 5) is 84.2. The van der Waals surface area contributed by atoms with Gasteiger partial charge in [-0.3, -0.25) is 57.8 Å². The highest BCUT2D eigenvalue weighted by atomic mass is 32.2. The Kier molecular flexibility index (Phi) is 14.9. The summed E-state index contributed by atoms with van der Waals surface area (Å²) in [6, 6.07) is 34.0. The number of fused-ring (bicyclic) bond motifs is 12. The van der Waals surface area contributed by atoms with Crippen LogP contribution in [0.3, 0.4) is 0 Å². The molecule has 3 fully saturated rings. The van der Waals surface area contributed by atoms with Gasteiger partial charge in [-0.05, 0) is 162 Å². The van der Waals surface area contributed by atoms with Crippen molar-refractivity contribution in [3.63, 3.8) is 0 Å². The van der Waals surface area contributed by atoms with Gasteiger partial charge in [-0.1, -0.05) is 72.8 Å². The molecule has 0 bridgehead atoms. The van der Waals surface area contributed by atoms with Crippen molar-refractivity contribution in [3.05, 3.63) is 279 Å². The molecule has 3 aromatic heterocycles. The average molecular weight is 1400 g/mol. The topological polar surface area (TPSA) is 197 Å². The predicted octanol–water partition coefficient (Wildman–Crippen LogP) is 12.0. The molecule has 3 saturated heterocycles. The summed E-state index contributed by atoms with van der Waals surface area (Å²) in [6.07, 6.45) is 9.53. The van der Waals surface area contributed by atoms with Gasteiger partial charge in [0.25, 0.3) is 17.7 Å². The number of benzene rings is 6. The summed E-state index contributed by atoms with van der Waals surface area (Å²) in [5.41, 5.74) is -2.18. The van der Waals surface area contributed by atoms with Gasteiger partial charge >= 0.3 is 0 Å². The van der Waals surface area contributed by atoms with Crippen LogP contribution in [0.15, 0.2) is 193 Å². The van der Waals surface area contributed by atoms with Gasteiger partial charge in [-0.15, -0.1) is 35.3 Å². The number of hydrogen-bond donors (Lipinski definition) is 3. The van der Waals surface area contributed by atoms with E-state index in [1.165, 1.54) is 81.1 Å². The molecule has 0 spiro atoms. The average Bonchev–Trinajstić information content (AvgIpc) is 1.70. The van der Waals surface area contributed by atoms with E-state index in [4.69, 9.17) is 5.48 Å². The Morgan fingerprint density at radius 2 is 0.747 bits per heavy atom. The number of pyridine rings is 3. The van der Waals surface area contributed by atoms with Crippen LogP contribution in [0.1, 0.15) is 166 Å². The predicted molar refractivity (Wildman–Crippen MR) is 371 cm³/mol. The lowest BCUT2D eigenvalue weighted by atomic mass is 9.92. The first-order chi connectivity index (χ1) is 50.3. The number of carbonyl (C=O) groups is 3. The number of hydrogen-bond acceptors (Lipinski definition) is 15. The van der Waals surface area contributed by atoms with E-state index in [0.29, 0.717) is 82.3 Å². The van der Waals surface area contributed by atoms with Crippen molar-refractivity contribution >= 4 is 53.0 Å². The Bertz CT molecular complexity index is 5330. The molecule has 99 heavy (non-hydrogen) atoms. The third-order valence-electron chi connectivity index (χ3n) is 19.6. The lowest BCUT2D eigenvalue weighted by Gasteiger charge is -2.51. The van der Waals surface area contributed by atoms with Crippen LogP contribution in [0.5, 0.6) is 17.2 Å². The van der Waals surface area contributed by atoms with Gasteiger partial charge in [0, 0.05) is 93.8 Å². The second-order valence-electron chi connectivity index (χ2n) is 25.2. The quantitative estimate of drug-likeness (QED) is 0.151. The number of carbonyl (C=O) groups excluding carboxylic acids is 3. The molecule has 0 saturated carbocycles. The Morgan fingerprint density at radius 1 is 0.394 bits per heavy atom. The van der Waals surface area contributed by atoms with E-state index in [1.807, 2.05) is 53.5 Å². The van der Waals surface area contributed by atoms with Crippen LogP contribution in [0.2, 0.25) is 0 Å². The molecule has 6 atom stereocenters. The van der Waals surface area contributed by atoms with Gasteiger partial charge in [0.15, 0.2) is 34.3 Å². The number of nitrogens with zero attached hydrogens (tertiary/aromatic N) is 9. The fourth-order valence-electron chi connectivity index (χ4n) is 15.1. The third-order valence-corrected chi connectivity index (χ3v) is 22.5.